The Morgan fingerprint density at radius 1 is 1.50 bits per heavy atom. The number of benzene rings is 1. The fraction of sp³-hybridized carbons (Fsp3) is 0. The van der Waals surface area contributed by atoms with Gasteiger partial charge in [-0.1, -0.05) is 0 Å². The number of carboxylic acids is 1. The molecule has 0 bridgehead atoms. The molecule has 0 amide bonds. The Hall–Kier alpha value is -1.89. The van der Waals surface area contributed by atoms with E-state index in [9.17, 15) is 4.79 Å². The number of nitrogen functional groups attached to an aromatic ring is 1. The number of aromatic carboxylic acids is 1. The summed E-state index contributed by atoms with van der Waals surface area (Å²) < 4.78 is 5.54. The summed E-state index contributed by atoms with van der Waals surface area (Å²) in [7, 11) is 0. The summed E-state index contributed by atoms with van der Waals surface area (Å²) in [4.78, 5) is 14.3. The van der Waals surface area contributed by atoms with Gasteiger partial charge in [-0.05, 0) is 39.3 Å². The lowest BCUT2D eigenvalue weighted by atomic mass is 10.2. The molecule has 0 saturated heterocycles. The van der Waals surface area contributed by atoms with Crippen molar-refractivity contribution in [2.45, 2.75) is 0 Å². The van der Waals surface area contributed by atoms with Gasteiger partial charge in [-0.15, -0.1) is 0 Å². The number of hydrogen-bond donors (Lipinski definition) is 2. The van der Waals surface area contributed by atoms with Crippen molar-refractivity contribution < 1.29 is 14.4 Å². The van der Waals surface area contributed by atoms with Crippen LogP contribution in [0.3, 0.4) is 0 Å². The van der Waals surface area contributed by atoms with E-state index in [1.165, 1.54) is 0 Å². The molecule has 0 aliphatic heterocycles. The molecule has 0 aliphatic carbocycles. The minimum atomic E-state index is -1.24. The van der Waals surface area contributed by atoms with Crippen molar-refractivity contribution in [3.05, 3.63) is 28.5 Å². The van der Waals surface area contributed by atoms with Gasteiger partial charge < -0.3 is 15.4 Å². The van der Waals surface area contributed by atoms with E-state index >= 15 is 0 Å². The number of aromatic nitrogens is 2. The number of nitrogens with zero attached hydrogens (tertiary/aromatic N) is 2. The Kier molecular flexibility index (Phi) is 2.61. The van der Waals surface area contributed by atoms with E-state index in [0.717, 1.165) is 4.47 Å². The van der Waals surface area contributed by atoms with Gasteiger partial charge in [0.1, 0.15) is 0 Å². The van der Waals surface area contributed by atoms with E-state index in [1.807, 2.05) is 0 Å². The lowest BCUT2D eigenvalue weighted by Gasteiger charge is -1.98. The Bertz CT molecular complexity index is 553. The van der Waals surface area contributed by atoms with Crippen LogP contribution in [-0.4, -0.2) is 21.2 Å². The highest BCUT2D eigenvalue weighted by atomic mass is 79.9. The molecule has 0 saturated carbocycles. The first-order chi connectivity index (χ1) is 7.58. The molecule has 0 atom stereocenters. The number of hydrogen-bond acceptors (Lipinski definition) is 5. The zero-order valence-corrected chi connectivity index (χ0v) is 9.43. The van der Waals surface area contributed by atoms with Crippen LogP contribution in [0.4, 0.5) is 5.69 Å². The van der Waals surface area contributed by atoms with Gasteiger partial charge in [0, 0.05) is 15.7 Å². The number of anilines is 1. The van der Waals surface area contributed by atoms with Crippen LogP contribution in [0, 0.1) is 0 Å². The third-order valence-corrected chi connectivity index (χ3v) is 2.58. The van der Waals surface area contributed by atoms with Gasteiger partial charge >= 0.3 is 5.97 Å². The molecule has 2 rings (SSSR count). The normalized spacial score (nSPS) is 10.3. The smallest absolute Gasteiger partial charge is 0.377 e. The molecule has 0 unspecified atom stereocenters. The molecular weight excluding hydrogens is 278 g/mol. The Labute approximate surface area is 98.2 Å². The van der Waals surface area contributed by atoms with Crippen LogP contribution < -0.4 is 5.73 Å². The molecule has 7 heteroatoms. The summed E-state index contributed by atoms with van der Waals surface area (Å²) >= 11 is 3.24. The van der Waals surface area contributed by atoms with Gasteiger partial charge in [-0.25, -0.2) is 4.79 Å². The lowest BCUT2D eigenvalue weighted by Crippen LogP contribution is -1.98. The van der Waals surface area contributed by atoms with Crippen molar-refractivity contribution in [1.82, 2.24) is 10.1 Å². The highest BCUT2D eigenvalue weighted by Crippen LogP contribution is 2.25. The topological polar surface area (TPSA) is 102 Å². The first kappa shape index (κ1) is 10.6. The molecule has 1 aromatic carbocycles. The third kappa shape index (κ3) is 1.89. The molecule has 16 heavy (non-hydrogen) atoms. The Morgan fingerprint density at radius 2 is 2.25 bits per heavy atom. The van der Waals surface area contributed by atoms with E-state index in [2.05, 4.69) is 26.1 Å². The van der Waals surface area contributed by atoms with Crippen LogP contribution in [0.15, 0.2) is 27.2 Å². The van der Waals surface area contributed by atoms with Crippen LogP contribution in [0.5, 0.6) is 0 Å². The van der Waals surface area contributed by atoms with Gasteiger partial charge in [0.15, 0.2) is 0 Å². The predicted molar refractivity (Wildman–Crippen MR) is 58.8 cm³/mol. The van der Waals surface area contributed by atoms with Crippen molar-refractivity contribution in [3.8, 4) is 11.5 Å². The van der Waals surface area contributed by atoms with Crippen LogP contribution >= 0.6 is 15.9 Å². The third-order valence-electron chi connectivity index (χ3n) is 1.86. The molecule has 0 aliphatic rings. The predicted octanol–water partition coefficient (Wildman–Crippen LogP) is 1.78. The molecule has 1 heterocycles. The zero-order valence-electron chi connectivity index (χ0n) is 7.85. The van der Waals surface area contributed by atoms with E-state index < -0.39 is 5.97 Å². The lowest BCUT2D eigenvalue weighted by molar-refractivity contribution is 0.0680. The van der Waals surface area contributed by atoms with Crippen molar-refractivity contribution in [2.75, 3.05) is 5.73 Å². The largest absolute Gasteiger partial charge is 0.475 e. The second-order valence-corrected chi connectivity index (χ2v) is 3.82. The monoisotopic (exact) mass is 283 g/mol. The zero-order chi connectivity index (χ0) is 11.7. The number of halogens is 1. The number of nitrogens with two attached hydrogens (primary N) is 1. The second-order valence-electron chi connectivity index (χ2n) is 2.96. The first-order valence-electron chi connectivity index (χ1n) is 4.20. The molecule has 2 aromatic rings. The SMILES string of the molecule is Nc1cc(-c2nc(C(=O)O)no2)ccc1Br. The minimum absolute atomic E-state index is 0.122. The quantitative estimate of drug-likeness (QED) is 0.815. The van der Waals surface area contributed by atoms with Crippen LogP contribution in [0.2, 0.25) is 0 Å². The van der Waals surface area contributed by atoms with Crippen LogP contribution in [-0.2, 0) is 0 Å². The van der Waals surface area contributed by atoms with Crippen LogP contribution in [0.1, 0.15) is 10.6 Å². The maximum Gasteiger partial charge on any atom is 0.377 e. The summed E-state index contributed by atoms with van der Waals surface area (Å²) in [5, 5.41) is 11.9. The maximum atomic E-state index is 10.5. The fourth-order valence-electron chi connectivity index (χ4n) is 1.10. The van der Waals surface area contributed by atoms with E-state index in [1.54, 1.807) is 18.2 Å². The Balaban J connectivity index is 2.42. The highest BCUT2D eigenvalue weighted by molar-refractivity contribution is 9.10. The summed E-state index contributed by atoms with van der Waals surface area (Å²) in [6.07, 6.45) is 0. The van der Waals surface area contributed by atoms with Crippen molar-refractivity contribution >= 4 is 27.6 Å². The average molecular weight is 284 g/mol. The summed E-state index contributed by atoms with van der Waals surface area (Å²) in [6.45, 7) is 0. The van der Waals surface area contributed by atoms with E-state index in [4.69, 9.17) is 15.4 Å². The molecule has 1 aromatic heterocycles. The van der Waals surface area contributed by atoms with E-state index in [-0.39, 0.29) is 11.7 Å². The van der Waals surface area contributed by atoms with Gasteiger partial charge in [-0.3, -0.25) is 0 Å². The average Bonchev–Trinajstić information content (AvgIpc) is 2.71. The van der Waals surface area contributed by atoms with E-state index in [0.29, 0.717) is 11.3 Å². The molecule has 6 nitrogen and oxygen atoms in total. The molecule has 0 radical (unpaired) electrons. The minimum Gasteiger partial charge on any atom is -0.475 e. The van der Waals surface area contributed by atoms with Crippen molar-refractivity contribution in [2.24, 2.45) is 0 Å². The van der Waals surface area contributed by atoms with Gasteiger partial charge in [0.2, 0.25) is 0 Å². The summed E-state index contributed by atoms with van der Waals surface area (Å²) in [6, 6.07) is 5.03. The molecule has 3 N–H and O–H groups in total. The first-order valence-corrected chi connectivity index (χ1v) is 4.99. The number of carboxylic acid groups (broad SMARTS) is 1. The Morgan fingerprint density at radius 3 is 2.81 bits per heavy atom. The molecule has 0 spiro atoms. The standard InChI is InChI=1S/C9H6BrN3O3/c10-5-2-1-4(3-6(5)11)8-12-7(9(14)15)13-16-8/h1-3H,11H2,(H,14,15). The number of carbonyl (C=O) groups is 1. The fourth-order valence-corrected chi connectivity index (χ4v) is 1.35. The number of rotatable bonds is 2. The second kappa shape index (κ2) is 3.93. The van der Waals surface area contributed by atoms with Crippen LogP contribution in [0.25, 0.3) is 11.5 Å². The summed E-state index contributed by atoms with van der Waals surface area (Å²) in [5.41, 5.74) is 6.75. The van der Waals surface area contributed by atoms with Crippen molar-refractivity contribution in [1.29, 1.82) is 0 Å². The van der Waals surface area contributed by atoms with Gasteiger partial charge in [0.25, 0.3) is 11.7 Å². The molecular formula is C9H6BrN3O3. The molecule has 82 valence electrons. The van der Waals surface area contributed by atoms with Gasteiger partial charge in [0.05, 0.1) is 0 Å². The van der Waals surface area contributed by atoms with Gasteiger partial charge in [-0.2, -0.15) is 4.98 Å². The summed E-state index contributed by atoms with van der Waals surface area (Å²) in [5.74, 6) is -1.49. The molecule has 0 fully saturated rings. The highest BCUT2D eigenvalue weighted by Gasteiger charge is 2.14. The van der Waals surface area contributed by atoms with Crippen molar-refractivity contribution in [3.63, 3.8) is 0 Å². The maximum absolute atomic E-state index is 10.5.